The van der Waals surface area contributed by atoms with Crippen molar-refractivity contribution in [3.63, 3.8) is 0 Å². The second-order valence-electron chi connectivity index (χ2n) is 4.33. The summed E-state index contributed by atoms with van der Waals surface area (Å²) in [7, 11) is 0. The van der Waals surface area contributed by atoms with E-state index in [9.17, 15) is 18.4 Å². The molecular formula is C14H7F2IN2O2. The summed E-state index contributed by atoms with van der Waals surface area (Å²) in [6, 6.07) is 8.39. The number of benzene rings is 2. The van der Waals surface area contributed by atoms with E-state index >= 15 is 0 Å². The Labute approximate surface area is 130 Å². The smallest absolute Gasteiger partial charge is 0.306 e. The lowest BCUT2D eigenvalue weighted by Gasteiger charge is -2.09. The average molecular weight is 400 g/mol. The van der Waals surface area contributed by atoms with Crippen molar-refractivity contribution in [2.45, 2.75) is 0 Å². The molecular weight excluding hydrogens is 393 g/mol. The molecule has 7 heteroatoms. The van der Waals surface area contributed by atoms with Crippen LogP contribution in [0.3, 0.4) is 0 Å². The molecule has 1 N–H and O–H groups in total. The first-order valence-corrected chi connectivity index (χ1v) is 6.96. The molecule has 1 heterocycles. The van der Waals surface area contributed by atoms with Crippen LogP contribution in [-0.2, 0) is 0 Å². The zero-order valence-electron chi connectivity index (χ0n) is 10.4. The highest BCUT2D eigenvalue weighted by Gasteiger charge is 2.18. The van der Waals surface area contributed by atoms with Crippen molar-refractivity contribution in [2.75, 3.05) is 0 Å². The Morgan fingerprint density at radius 1 is 1.05 bits per heavy atom. The molecule has 0 radical (unpaired) electrons. The van der Waals surface area contributed by atoms with Gasteiger partial charge in [0.05, 0.1) is 10.9 Å². The Morgan fingerprint density at radius 2 is 1.67 bits per heavy atom. The summed E-state index contributed by atoms with van der Waals surface area (Å²) in [6.45, 7) is 0. The molecule has 4 nitrogen and oxygen atoms in total. The Hall–Kier alpha value is -2.03. The molecule has 2 aromatic carbocycles. The fourth-order valence-corrected chi connectivity index (χ4v) is 2.66. The molecule has 0 saturated carbocycles. The number of fused-ring (bicyclic) bond motifs is 1. The lowest BCUT2D eigenvalue weighted by Crippen LogP contribution is -2.34. The molecule has 0 atom stereocenters. The fraction of sp³-hybridized carbons (Fsp3) is 0. The topological polar surface area (TPSA) is 54.9 Å². The zero-order valence-corrected chi connectivity index (χ0v) is 12.5. The van der Waals surface area contributed by atoms with E-state index in [2.05, 4.69) is 4.98 Å². The van der Waals surface area contributed by atoms with Gasteiger partial charge in [0.1, 0.15) is 5.69 Å². The molecule has 21 heavy (non-hydrogen) atoms. The van der Waals surface area contributed by atoms with Gasteiger partial charge in [0.2, 0.25) is 0 Å². The molecule has 106 valence electrons. The minimum atomic E-state index is -0.970. The molecule has 3 aromatic rings. The van der Waals surface area contributed by atoms with E-state index in [1.165, 1.54) is 6.07 Å². The first kappa shape index (κ1) is 13.9. The van der Waals surface area contributed by atoms with Gasteiger partial charge in [0.25, 0.3) is 5.56 Å². The average Bonchev–Trinajstić information content (AvgIpc) is 2.41. The first-order valence-electron chi connectivity index (χ1n) is 5.88. The predicted molar refractivity (Wildman–Crippen MR) is 82.8 cm³/mol. The van der Waals surface area contributed by atoms with Crippen LogP contribution in [0, 0.1) is 15.2 Å². The number of nitrogens with one attached hydrogen (secondary N) is 1. The third kappa shape index (κ3) is 2.27. The van der Waals surface area contributed by atoms with Gasteiger partial charge in [0, 0.05) is 3.57 Å². The summed E-state index contributed by atoms with van der Waals surface area (Å²) in [5.74, 6) is -1.94. The zero-order chi connectivity index (χ0) is 15.1. The Morgan fingerprint density at radius 3 is 2.33 bits per heavy atom. The van der Waals surface area contributed by atoms with Crippen molar-refractivity contribution in [1.82, 2.24) is 9.55 Å². The standard InChI is InChI=1S/C14H7F2IN2O2/c15-9-5-7(17)6-10(16)12(9)19-13(20)8-3-1-2-4-11(8)18-14(19)21/h1-6H,(H,18,21). The molecule has 0 spiro atoms. The van der Waals surface area contributed by atoms with Crippen molar-refractivity contribution in [2.24, 2.45) is 0 Å². The third-order valence-corrected chi connectivity index (χ3v) is 3.63. The molecule has 0 saturated heterocycles. The van der Waals surface area contributed by atoms with Gasteiger partial charge in [-0.1, -0.05) is 12.1 Å². The van der Waals surface area contributed by atoms with Crippen LogP contribution in [0.2, 0.25) is 0 Å². The largest absolute Gasteiger partial charge is 0.333 e. The number of hydrogen-bond donors (Lipinski definition) is 1. The Bertz CT molecular complexity index is 956. The lowest BCUT2D eigenvalue weighted by molar-refractivity contribution is 0.561. The van der Waals surface area contributed by atoms with Crippen molar-refractivity contribution in [1.29, 1.82) is 0 Å². The van der Waals surface area contributed by atoms with E-state index in [1.54, 1.807) is 40.8 Å². The van der Waals surface area contributed by atoms with Gasteiger partial charge in [-0.25, -0.2) is 18.1 Å². The summed E-state index contributed by atoms with van der Waals surface area (Å²) in [4.78, 5) is 26.8. The summed E-state index contributed by atoms with van der Waals surface area (Å²) >= 11 is 1.75. The van der Waals surface area contributed by atoms with Gasteiger partial charge in [-0.15, -0.1) is 0 Å². The number of aromatic nitrogens is 2. The van der Waals surface area contributed by atoms with Crippen molar-refractivity contribution >= 4 is 33.5 Å². The molecule has 0 aliphatic heterocycles. The van der Waals surface area contributed by atoms with Crippen LogP contribution in [-0.4, -0.2) is 9.55 Å². The number of para-hydroxylation sites is 1. The molecule has 0 fully saturated rings. The Balaban J connectivity index is 2.47. The molecule has 0 unspecified atom stereocenters. The second kappa shape index (κ2) is 5.06. The van der Waals surface area contributed by atoms with Gasteiger partial charge < -0.3 is 4.98 Å². The van der Waals surface area contributed by atoms with Gasteiger partial charge in [0.15, 0.2) is 11.6 Å². The number of halogens is 3. The number of hydrogen-bond acceptors (Lipinski definition) is 2. The minimum absolute atomic E-state index is 0.175. The van der Waals surface area contributed by atoms with Gasteiger partial charge in [-0.05, 0) is 46.9 Å². The molecule has 0 bridgehead atoms. The number of nitrogens with zero attached hydrogens (tertiary/aromatic N) is 1. The Kier molecular flexibility index (Phi) is 3.36. The quantitative estimate of drug-likeness (QED) is 0.639. The molecule has 3 rings (SSSR count). The highest BCUT2D eigenvalue weighted by Crippen LogP contribution is 2.19. The molecule has 0 aliphatic rings. The van der Waals surface area contributed by atoms with Crippen LogP contribution in [0.25, 0.3) is 16.6 Å². The molecule has 1 aromatic heterocycles. The minimum Gasteiger partial charge on any atom is -0.306 e. The van der Waals surface area contributed by atoms with E-state index < -0.39 is 28.6 Å². The van der Waals surface area contributed by atoms with E-state index in [0.717, 1.165) is 12.1 Å². The second-order valence-corrected chi connectivity index (χ2v) is 5.58. The van der Waals surface area contributed by atoms with Crippen LogP contribution >= 0.6 is 22.6 Å². The number of H-pyrrole nitrogens is 1. The van der Waals surface area contributed by atoms with Gasteiger partial charge in [-0.2, -0.15) is 0 Å². The van der Waals surface area contributed by atoms with E-state index in [1.807, 2.05) is 0 Å². The van der Waals surface area contributed by atoms with Crippen molar-refractivity contribution in [3.05, 3.63) is 72.4 Å². The fourth-order valence-electron chi connectivity index (χ4n) is 2.11. The highest BCUT2D eigenvalue weighted by atomic mass is 127. The van der Waals surface area contributed by atoms with E-state index in [-0.39, 0.29) is 5.39 Å². The third-order valence-electron chi connectivity index (χ3n) is 3.01. The number of aromatic amines is 1. The van der Waals surface area contributed by atoms with Crippen molar-refractivity contribution < 1.29 is 8.78 Å². The predicted octanol–water partition coefficient (Wildman–Crippen LogP) is 2.56. The normalized spacial score (nSPS) is 11.0. The maximum absolute atomic E-state index is 14.0. The summed E-state index contributed by atoms with van der Waals surface area (Å²) < 4.78 is 28.8. The summed E-state index contributed by atoms with van der Waals surface area (Å²) in [5.41, 5.74) is -2.02. The molecule has 0 amide bonds. The lowest BCUT2D eigenvalue weighted by atomic mass is 10.2. The maximum atomic E-state index is 14.0. The molecule has 0 aliphatic carbocycles. The van der Waals surface area contributed by atoms with Crippen LogP contribution in [0.4, 0.5) is 8.78 Å². The first-order chi connectivity index (χ1) is 9.99. The highest BCUT2D eigenvalue weighted by molar-refractivity contribution is 14.1. The number of rotatable bonds is 1. The summed E-state index contributed by atoms with van der Waals surface area (Å²) in [5, 5.41) is 0.175. The monoisotopic (exact) mass is 400 g/mol. The van der Waals surface area contributed by atoms with Crippen LogP contribution in [0.5, 0.6) is 0 Å². The van der Waals surface area contributed by atoms with E-state index in [4.69, 9.17) is 0 Å². The van der Waals surface area contributed by atoms with Crippen LogP contribution in [0.15, 0.2) is 46.0 Å². The van der Waals surface area contributed by atoms with E-state index in [0.29, 0.717) is 13.7 Å². The van der Waals surface area contributed by atoms with Crippen molar-refractivity contribution in [3.8, 4) is 5.69 Å². The van der Waals surface area contributed by atoms with Gasteiger partial charge in [-0.3, -0.25) is 4.79 Å². The summed E-state index contributed by atoms with van der Waals surface area (Å²) in [6.07, 6.45) is 0. The van der Waals surface area contributed by atoms with Crippen LogP contribution in [0.1, 0.15) is 0 Å². The van der Waals surface area contributed by atoms with Gasteiger partial charge >= 0.3 is 5.69 Å². The maximum Gasteiger partial charge on any atom is 0.333 e. The SMILES string of the molecule is O=c1[nH]c2ccccc2c(=O)n1-c1c(F)cc(I)cc1F. The van der Waals surface area contributed by atoms with Crippen LogP contribution < -0.4 is 11.2 Å².